The first kappa shape index (κ1) is 34.3. The van der Waals surface area contributed by atoms with E-state index in [1.807, 2.05) is 36.4 Å². The summed E-state index contributed by atoms with van der Waals surface area (Å²) in [6, 6.07) is 21.9. The number of esters is 1. The summed E-state index contributed by atoms with van der Waals surface area (Å²) < 4.78 is 5.40. The van der Waals surface area contributed by atoms with Gasteiger partial charge in [0.05, 0.1) is 24.3 Å². The van der Waals surface area contributed by atoms with Gasteiger partial charge in [0.25, 0.3) is 0 Å². The van der Waals surface area contributed by atoms with E-state index in [-0.39, 0.29) is 31.4 Å². The van der Waals surface area contributed by atoms with Crippen LogP contribution in [0.4, 0.5) is 26.7 Å². The van der Waals surface area contributed by atoms with E-state index in [0.29, 0.717) is 22.6 Å². The normalized spacial score (nSPS) is 15.8. The summed E-state index contributed by atoms with van der Waals surface area (Å²) in [6.45, 7) is 4.72. The van der Waals surface area contributed by atoms with Gasteiger partial charge in [0.2, 0.25) is 5.91 Å². The highest BCUT2D eigenvalue weighted by Gasteiger charge is 2.42. The first-order valence-electron chi connectivity index (χ1n) is 16.6. The third-order valence-electron chi connectivity index (χ3n) is 8.76. The predicted octanol–water partition coefficient (Wildman–Crippen LogP) is 7.12. The molecular formula is C38H44N4O6. The lowest BCUT2D eigenvalue weighted by atomic mass is 9.90. The largest absolute Gasteiger partial charge is 0.461 e. The number of rotatable bonds is 10. The number of fused-ring (bicyclic) bond motifs is 1. The van der Waals surface area contributed by atoms with E-state index in [9.17, 15) is 24.0 Å². The molecule has 1 fully saturated rings. The number of carbonyl (C=O) groups is 5. The Morgan fingerprint density at radius 1 is 0.750 bits per heavy atom. The Morgan fingerprint density at radius 3 is 2.08 bits per heavy atom. The van der Waals surface area contributed by atoms with Crippen molar-refractivity contribution in [1.82, 2.24) is 4.90 Å². The zero-order valence-corrected chi connectivity index (χ0v) is 27.9. The topological polar surface area (TPSA) is 116 Å². The van der Waals surface area contributed by atoms with Gasteiger partial charge in [-0.2, -0.15) is 0 Å². The molecule has 0 atom stereocenters. The molecule has 3 aromatic rings. The van der Waals surface area contributed by atoms with Crippen molar-refractivity contribution in [2.45, 2.75) is 78.4 Å². The Hall–Kier alpha value is -4.99. The molecule has 1 N–H and O–H groups in total. The summed E-state index contributed by atoms with van der Waals surface area (Å²) in [5.41, 5.74) is 2.22. The van der Waals surface area contributed by atoms with Gasteiger partial charge in [-0.05, 0) is 48.2 Å². The van der Waals surface area contributed by atoms with Crippen molar-refractivity contribution in [1.29, 1.82) is 0 Å². The van der Waals surface area contributed by atoms with Crippen molar-refractivity contribution in [3.8, 4) is 0 Å². The fourth-order valence-corrected chi connectivity index (χ4v) is 6.06. The van der Waals surface area contributed by atoms with Gasteiger partial charge in [-0.25, -0.2) is 14.5 Å². The lowest BCUT2D eigenvalue weighted by Crippen LogP contribution is -2.54. The third kappa shape index (κ3) is 8.48. The molecule has 0 aromatic heterocycles. The molecule has 1 aliphatic carbocycles. The van der Waals surface area contributed by atoms with Gasteiger partial charge < -0.3 is 10.1 Å². The number of hydrogen-bond donors (Lipinski definition) is 1. The van der Waals surface area contributed by atoms with Crippen LogP contribution < -0.4 is 15.1 Å². The van der Waals surface area contributed by atoms with Crippen LogP contribution in [0, 0.1) is 5.41 Å². The van der Waals surface area contributed by atoms with Crippen molar-refractivity contribution >= 4 is 46.8 Å². The zero-order chi connectivity index (χ0) is 34.3. The number of ether oxygens (including phenoxy) is 1. The molecule has 0 spiro atoms. The molecule has 3 aromatic carbocycles. The number of nitrogens with one attached hydrogen (secondary N) is 1. The first-order chi connectivity index (χ1) is 23.0. The van der Waals surface area contributed by atoms with Crippen LogP contribution in [-0.2, 0) is 32.1 Å². The van der Waals surface area contributed by atoms with Gasteiger partial charge in [-0.3, -0.25) is 24.2 Å². The number of nitrogens with zero attached hydrogens (tertiary/aromatic N) is 3. The number of carbonyl (C=O) groups excluding carboxylic acids is 5. The highest BCUT2D eigenvalue weighted by Crippen LogP contribution is 2.38. The van der Waals surface area contributed by atoms with E-state index in [4.69, 9.17) is 4.74 Å². The van der Waals surface area contributed by atoms with Crippen molar-refractivity contribution < 1.29 is 28.7 Å². The second-order valence-electron chi connectivity index (χ2n) is 13.5. The van der Waals surface area contributed by atoms with Crippen molar-refractivity contribution in [3.05, 3.63) is 90.0 Å². The number of amides is 5. The SMILES string of the molecule is CC(C)(C)C(=O)CN1C(=O)N(CC(=O)Nc2cccc(CC(=O)OCc3ccccc3)c2)C(=O)N(C2CCCCCC2)c2ccccc21. The Labute approximate surface area is 282 Å². The lowest BCUT2D eigenvalue weighted by Gasteiger charge is -2.33. The first-order valence-corrected chi connectivity index (χ1v) is 16.6. The van der Waals surface area contributed by atoms with Gasteiger partial charge in [0, 0.05) is 17.1 Å². The van der Waals surface area contributed by atoms with Crippen LogP contribution in [0.15, 0.2) is 78.9 Å². The summed E-state index contributed by atoms with van der Waals surface area (Å²) in [5, 5.41) is 2.79. The van der Waals surface area contributed by atoms with Crippen LogP contribution in [0.1, 0.15) is 70.4 Å². The Bertz CT molecular complexity index is 1640. The van der Waals surface area contributed by atoms with Crippen LogP contribution in [0.5, 0.6) is 0 Å². The molecule has 1 aliphatic heterocycles. The van der Waals surface area contributed by atoms with E-state index >= 15 is 0 Å². The maximum atomic E-state index is 14.4. The van der Waals surface area contributed by atoms with Crippen molar-refractivity contribution in [2.24, 2.45) is 5.41 Å². The van der Waals surface area contributed by atoms with Gasteiger partial charge in [0.15, 0.2) is 5.78 Å². The number of ketones is 1. The molecule has 48 heavy (non-hydrogen) atoms. The van der Waals surface area contributed by atoms with Gasteiger partial charge >= 0.3 is 18.0 Å². The second kappa shape index (κ2) is 15.3. The highest BCUT2D eigenvalue weighted by molar-refractivity contribution is 6.16. The Morgan fingerprint density at radius 2 is 1.40 bits per heavy atom. The minimum Gasteiger partial charge on any atom is -0.461 e. The molecule has 5 amide bonds. The fourth-order valence-electron chi connectivity index (χ4n) is 6.06. The predicted molar refractivity (Wildman–Crippen MR) is 185 cm³/mol. The smallest absolute Gasteiger partial charge is 0.333 e. The summed E-state index contributed by atoms with van der Waals surface area (Å²) in [7, 11) is 0. The fraction of sp³-hybridized carbons (Fsp3) is 0.395. The quantitative estimate of drug-likeness (QED) is 0.184. The molecule has 0 bridgehead atoms. The van der Waals surface area contributed by atoms with Crippen LogP contribution in [-0.4, -0.2) is 53.8 Å². The second-order valence-corrected chi connectivity index (χ2v) is 13.5. The van der Waals surface area contributed by atoms with Gasteiger partial charge in [-0.1, -0.05) is 101 Å². The lowest BCUT2D eigenvalue weighted by molar-refractivity contribution is -0.144. The van der Waals surface area contributed by atoms with Crippen LogP contribution in [0.25, 0.3) is 0 Å². The number of urea groups is 2. The molecule has 10 heteroatoms. The number of para-hydroxylation sites is 2. The Kier molecular flexibility index (Phi) is 10.9. The molecular weight excluding hydrogens is 608 g/mol. The summed E-state index contributed by atoms with van der Waals surface area (Å²) in [5.74, 6) is -1.18. The molecule has 1 heterocycles. The molecule has 5 rings (SSSR count). The van der Waals surface area contributed by atoms with Crippen molar-refractivity contribution in [3.63, 3.8) is 0 Å². The third-order valence-corrected chi connectivity index (χ3v) is 8.76. The van der Waals surface area contributed by atoms with Gasteiger partial charge in [-0.15, -0.1) is 0 Å². The average molecular weight is 653 g/mol. The minimum absolute atomic E-state index is 0.00497. The molecule has 252 valence electrons. The molecule has 0 saturated heterocycles. The highest BCUT2D eigenvalue weighted by atomic mass is 16.5. The van der Waals surface area contributed by atoms with Crippen LogP contribution in [0.2, 0.25) is 0 Å². The molecule has 2 aliphatic rings. The zero-order valence-electron chi connectivity index (χ0n) is 27.9. The number of benzene rings is 3. The number of imide groups is 1. The minimum atomic E-state index is -0.730. The maximum Gasteiger partial charge on any atom is 0.333 e. The van der Waals surface area contributed by atoms with E-state index in [1.165, 1.54) is 4.90 Å². The monoisotopic (exact) mass is 652 g/mol. The number of hydrogen-bond acceptors (Lipinski definition) is 6. The maximum absolute atomic E-state index is 14.4. The van der Waals surface area contributed by atoms with Crippen LogP contribution >= 0.6 is 0 Å². The van der Waals surface area contributed by atoms with E-state index < -0.39 is 35.9 Å². The van der Waals surface area contributed by atoms with E-state index in [2.05, 4.69) is 5.32 Å². The molecule has 1 saturated carbocycles. The summed E-state index contributed by atoms with van der Waals surface area (Å²) in [6.07, 6.45) is 5.60. The summed E-state index contributed by atoms with van der Waals surface area (Å²) >= 11 is 0. The number of Topliss-reactive ketones (excluding diaryl/α,β-unsaturated/α-hetero) is 1. The van der Waals surface area contributed by atoms with Crippen molar-refractivity contribution in [2.75, 3.05) is 28.2 Å². The average Bonchev–Trinajstić information content (AvgIpc) is 3.38. The van der Waals surface area contributed by atoms with Gasteiger partial charge in [0.1, 0.15) is 13.2 Å². The Balaban J connectivity index is 1.36. The molecule has 0 unspecified atom stereocenters. The standard InChI is InChI=1S/C38H44N4O6/c1-38(2,3)33(43)24-40-31-20-11-12-21-32(31)42(30-18-9-4-5-10-19-30)37(47)41(36(40)46)25-34(44)39-29-17-13-16-28(22-29)23-35(45)48-26-27-14-7-6-8-15-27/h6-8,11-17,20-22,30H,4-5,9-10,18-19,23-26H2,1-3H3,(H,39,44). The van der Waals surface area contributed by atoms with E-state index in [1.54, 1.807) is 68.1 Å². The van der Waals surface area contributed by atoms with Crippen LogP contribution in [0.3, 0.4) is 0 Å². The number of anilines is 3. The van der Waals surface area contributed by atoms with E-state index in [0.717, 1.165) is 49.0 Å². The molecule has 10 nitrogen and oxygen atoms in total. The molecule has 0 radical (unpaired) electrons. The summed E-state index contributed by atoms with van der Waals surface area (Å²) in [4.78, 5) is 71.8.